The third-order valence-corrected chi connectivity index (χ3v) is 5.31. The standard InChI is InChI=1S/C22H36N6O3/c1-23-20(29)16-28-13-10-18(11-14-28)26-22(25-15-21(30)27(2)3)24-12-9-17-5-7-19(31-4)8-6-17/h5-8,18H,9-16H2,1-4H3,(H,23,29)(H2,24,25,26). The summed E-state index contributed by atoms with van der Waals surface area (Å²) in [5.74, 6) is 1.48. The van der Waals surface area contributed by atoms with E-state index in [-0.39, 0.29) is 24.4 Å². The Balaban J connectivity index is 1.88. The molecule has 1 aliphatic heterocycles. The number of hydrogen-bond donors (Lipinski definition) is 3. The van der Waals surface area contributed by atoms with Crippen LogP contribution in [0.1, 0.15) is 18.4 Å². The second-order valence-corrected chi connectivity index (χ2v) is 7.85. The normalized spacial score (nSPS) is 15.3. The molecule has 9 nitrogen and oxygen atoms in total. The van der Waals surface area contributed by atoms with E-state index in [9.17, 15) is 9.59 Å². The average molecular weight is 433 g/mol. The Hall–Kier alpha value is -2.81. The molecule has 1 aromatic rings. The lowest BCUT2D eigenvalue weighted by Gasteiger charge is -2.32. The largest absolute Gasteiger partial charge is 0.497 e. The molecule has 9 heteroatoms. The molecule has 0 saturated carbocycles. The minimum Gasteiger partial charge on any atom is -0.497 e. The molecule has 1 heterocycles. The summed E-state index contributed by atoms with van der Waals surface area (Å²) in [6.45, 7) is 2.92. The number of rotatable bonds is 9. The van der Waals surface area contributed by atoms with Crippen LogP contribution in [0.15, 0.2) is 29.3 Å². The number of guanidine groups is 1. The molecule has 1 aliphatic rings. The highest BCUT2D eigenvalue weighted by atomic mass is 16.5. The van der Waals surface area contributed by atoms with Crippen molar-refractivity contribution in [1.29, 1.82) is 0 Å². The van der Waals surface area contributed by atoms with E-state index >= 15 is 0 Å². The lowest BCUT2D eigenvalue weighted by molar-refractivity contribution is -0.127. The van der Waals surface area contributed by atoms with E-state index in [0.717, 1.165) is 38.1 Å². The predicted molar refractivity (Wildman–Crippen MR) is 122 cm³/mol. The van der Waals surface area contributed by atoms with Crippen molar-refractivity contribution in [2.45, 2.75) is 25.3 Å². The van der Waals surface area contributed by atoms with Crippen LogP contribution in [-0.4, -0.2) is 94.6 Å². The molecule has 3 N–H and O–H groups in total. The van der Waals surface area contributed by atoms with Crippen LogP contribution in [0.4, 0.5) is 0 Å². The fourth-order valence-corrected chi connectivity index (χ4v) is 3.27. The monoisotopic (exact) mass is 432 g/mol. The van der Waals surface area contributed by atoms with Gasteiger partial charge in [-0.1, -0.05) is 12.1 Å². The second kappa shape index (κ2) is 12.8. The van der Waals surface area contributed by atoms with Crippen LogP contribution in [0.2, 0.25) is 0 Å². The first-order valence-electron chi connectivity index (χ1n) is 10.7. The van der Waals surface area contributed by atoms with Gasteiger partial charge in [0.2, 0.25) is 11.8 Å². The summed E-state index contributed by atoms with van der Waals surface area (Å²) in [6.07, 6.45) is 2.66. The number of ether oxygens (including phenoxy) is 1. The first-order chi connectivity index (χ1) is 14.9. The topological polar surface area (TPSA) is 98.3 Å². The molecule has 0 aliphatic carbocycles. The first-order valence-corrected chi connectivity index (χ1v) is 10.7. The Labute approximate surface area is 185 Å². The Bertz CT molecular complexity index is 727. The van der Waals surface area contributed by atoms with E-state index in [2.05, 4.69) is 25.8 Å². The molecule has 1 aromatic carbocycles. The van der Waals surface area contributed by atoms with Gasteiger partial charge in [-0.3, -0.25) is 14.5 Å². The van der Waals surface area contributed by atoms with E-state index in [1.165, 1.54) is 10.5 Å². The number of amides is 2. The van der Waals surface area contributed by atoms with Crippen molar-refractivity contribution in [3.05, 3.63) is 29.8 Å². The molecule has 0 spiro atoms. The minimum absolute atomic E-state index is 0.0380. The van der Waals surface area contributed by atoms with Gasteiger partial charge in [0, 0.05) is 46.8 Å². The van der Waals surface area contributed by atoms with E-state index in [1.807, 2.05) is 24.3 Å². The molecule has 2 amide bonds. The van der Waals surface area contributed by atoms with Crippen molar-refractivity contribution in [1.82, 2.24) is 25.8 Å². The van der Waals surface area contributed by atoms with Gasteiger partial charge in [-0.05, 0) is 37.0 Å². The van der Waals surface area contributed by atoms with Crippen molar-refractivity contribution in [3.63, 3.8) is 0 Å². The van der Waals surface area contributed by atoms with E-state index < -0.39 is 0 Å². The molecule has 2 rings (SSSR count). The van der Waals surface area contributed by atoms with Crippen molar-refractivity contribution in [2.75, 3.05) is 61.0 Å². The molecular formula is C22H36N6O3. The van der Waals surface area contributed by atoms with Gasteiger partial charge in [0.1, 0.15) is 12.3 Å². The Morgan fingerprint density at radius 2 is 1.87 bits per heavy atom. The molecule has 0 aromatic heterocycles. The summed E-state index contributed by atoms with van der Waals surface area (Å²) in [7, 11) is 6.77. The van der Waals surface area contributed by atoms with Crippen molar-refractivity contribution >= 4 is 17.8 Å². The van der Waals surface area contributed by atoms with E-state index in [1.54, 1.807) is 28.3 Å². The number of likely N-dealkylation sites (tertiary alicyclic amines) is 1. The quantitative estimate of drug-likeness (QED) is 0.377. The Morgan fingerprint density at radius 1 is 1.19 bits per heavy atom. The van der Waals surface area contributed by atoms with Crippen LogP contribution in [0.3, 0.4) is 0 Å². The zero-order valence-corrected chi connectivity index (χ0v) is 19.1. The van der Waals surface area contributed by atoms with Crippen LogP contribution in [0, 0.1) is 0 Å². The fourth-order valence-electron chi connectivity index (χ4n) is 3.27. The number of likely N-dealkylation sites (N-methyl/N-ethyl adjacent to an activating group) is 2. The van der Waals surface area contributed by atoms with Crippen LogP contribution in [0.25, 0.3) is 0 Å². The SMILES string of the molecule is CNC(=O)CN1CCC(NC(=NCC(=O)N(C)C)NCCc2ccc(OC)cc2)CC1. The predicted octanol–water partition coefficient (Wildman–Crippen LogP) is 0.0715. The Kier molecular flexibility index (Phi) is 10.1. The summed E-state index contributed by atoms with van der Waals surface area (Å²) in [6, 6.07) is 8.24. The smallest absolute Gasteiger partial charge is 0.243 e. The molecular weight excluding hydrogens is 396 g/mol. The first kappa shape index (κ1) is 24.5. The molecule has 0 bridgehead atoms. The number of benzene rings is 1. The third kappa shape index (κ3) is 8.84. The third-order valence-electron chi connectivity index (χ3n) is 5.31. The van der Waals surface area contributed by atoms with Gasteiger partial charge in [-0.15, -0.1) is 0 Å². The fraction of sp³-hybridized carbons (Fsp3) is 0.591. The Morgan fingerprint density at radius 3 is 2.45 bits per heavy atom. The number of nitrogens with one attached hydrogen (secondary N) is 3. The highest BCUT2D eigenvalue weighted by molar-refractivity contribution is 5.85. The molecule has 1 fully saturated rings. The molecule has 172 valence electrons. The number of nitrogens with zero attached hydrogens (tertiary/aromatic N) is 3. The highest BCUT2D eigenvalue weighted by Gasteiger charge is 2.21. The number of piperidine rings is 1. The number of hydrogen-bond acceptors (Lipinski definition) is 5. The van der Waals surface area contributed by atoms with Crippen molar-refractivity contribution in [3.8, 4) is 5.75 Å². The average Bonchev–Trinajstić information content (AvgIpc) is 2.78. The molecule has 0 unspecified atom stereocenters. The van der Waals surface area contributed by atoms with Gasteiger partial charge in [-0.2, -0.15) is 0 Å². The summed E-state index contributed by atoms with van der Waals surface area (Å²) in [5.41, 5.74) is 1.19. The minimum atomic E-state index is -0.0448. The second-order valence-electron chi connectivity index (χ2n) is 7.85. The van der Waals surface area contributed by atoms with E-state index in [4.69, 9.17) is 4.74 Å². The van der Waals surface area contributed by atoms with Gasteiger partial charge < -0.3 is 25.6 Å². The molecule has 1 saturated heterocycles. The lowest BCUT2D eigenvalue weighted by Crippen LogP contribution is -2.50. The van der Waals surface area contributed by atoms with Crippen molar-refractivity contribution < 1.29 is 14.3 Å². The van der Waals surface area contributed by atoms with E-state index in [0.29, 0.717) is 19.0 Å². The van der Waals surface area contributed by atoms with Crippen LogP contribution in [0.5, 0.6) is 5.75 Å². The van der Waals surface area contributed by atoms with Crippen LogP contribution in [-0.2, 0) is 16.0 Å². The van der Waals surface area contributed by atoms with Gasteiger partial charge in [0.25, 0.3) is 0 Å². The molecule has 0 atom stereocenters. The maximum atomic E-state index is 12.0. The number of aliphatic imine (C=N–C) groups is 1. The summed E-state index contributed by atoms with van der Waals surface area (Å²) in [4.78, 5) is 31.7. The van der Waals surface area contributed by atoms with Gasteiger partial charge in [-0.25, -0.2) is 4.99 Å². The van der Waals surface area contributed by atoms with Gasteiger partial charge in [0.15, 0.2) is 5.96 Å². The maximum Gasteiger partial charge on any atom is 0.243 e. The summed E-state index contributed by atoms with van der Waals surface area (Å²) >= 11 is 0. The zero-order chi connectivity index (χ0) is 22.6. The maximum absolute atomic E-state index is 12.0. The van der Waals surface area contributed by atoms with Crippen LogP contribution >= 0.6 is 0 Å². The van der Waals surface area contributed by atoms with Crippen LogP contribution < -0.4 is 20.7 Å². The summed E-state index contributed by atoms with van der Waals surface area (Å²) in [5, 5.41) is 9.48. The van der Waals surface area contributed by atoms with Crippen molar-refractivity contribution in [2.24, 2.45) is 4.99 Å². The number of carbonyl (C=O) groups excluding carboxylic acids is 2. The highest BCUT2D eigenvalue weighted by Crippen LogP contribution is 2.12. The molecule has 31 heavy (non-hydrogen) atoms. The number of methoxy groups -OCH3 is 1. The number of carbonyl (C=O) groups is 2. The molecule has 0 radical (unpaired) electrons. The summed E-state index contributed by atoms with van der Waals surface area (Å²) < 4.78 is 5.20. The zero-order valence-electron chi connectivity index (χ0n) is 19.1. The van der Waals surface area contributed by atoms with Gasteiger partial charge in [0.05, 0.1) is 13.7 Å². The lowest BCUT2D eigenvalue weighted by atomic mass is 10.1. The van der Waals surface area contributed by atoms with Gasteiger partial charge >= 0.3 is 0 Å².